The zero-order chi connectivity index (χ0) is 21.0. The number of nitrogens with one attached hydrogen (secondary N) is 4. The summed E-state index contributed by atoms with van der Waals surface area (Å²) in [7, 11) is 0. The molecule has 2 unspecified atom stereocenters. The molecule has 29 heavy (non-hydrogen) atoms. The molecule has 2 atom stereocenters. The summed E-state index contributed by atoms with van der Waals surface area (Å²) in [6.45, 7) is -0.701. The molecule has 3 rings (SSSR count). The number of benzene rings is 1. The van der Waals surface area contributed by atoms with Gasteiger partial charge in [0.1, 0.15) is 18.1 Å². The third kappa shape index (κ3) is 4.77. The summed E-state index contributed by atoms with van der Waals surface area (Å²) in [6.07, 6.45) is 0.615. The van der Waals surface area contributed by atoms with Gasteiger partial charge < -0.3 is 26.0 Å². The van der Waals surface area contributed by atoms with Gasteiger partial charge >= 0.3 is 0 Å². The minimum atomic E-state index is -1.03. The molecule has 2 aromatic rings. The first-order valence-electron chi connectivity index (χ1n) is 9.15. The minimum Gasteiger partial charge on any atom is -0.389 e. The smallest absolute Gasteiger partial charge is 0.268 e. The maximum atomic E-state index is 13.7. The Hall–Kier alpha value is -3.27. The molecule has 5 N–H and O–H groups in total. The number of carbonyl (C=O) groups is 4. The molecule has 154 valence electrons. The molecule has 0 radical (unpaired) electrons. The van der Waals surface area contributed by atoms with E-state index in [1.807, 2.05) is 0 Å². The lowest BCUT2D eigenvalue weighted by atomic mass is 9.96. The molecule has 2 heterocycles. The molecule has 0 spiro atoms. The number of aliphatic hydroxyl groups is 1. The fraction of sp³-hybridized carbons (Fsp3) is 0.368. The Morgan fingerprint density at radius 1 is 1.31 bits per heavy atom. The number of aromatic nitrogens is 1. The molecule has 0 saturated carbocycles. The van der Waals surface area contributed by atoms with Gasteiger partial charge in [0.15, 0.2) is 5.78 Å². The highest BCUT2D eigenvalue weighted by Crippen LogP contribution is 2.18. The van der Waals surface area contributed by atoms with Crippen LogP contribution in [0.15, 0.2) is 24.3 Å². The van der Waals surface area contributed by atoms with Crippen molar-refractivity contribution in [1.29, 1.82) is 0 Å². The van der Waals surface area contributed by atoms with Crippen LogP contribution in [0.3, 0.4) is 0 Å². The third-order valence-corrected chi connectivity index (χ3v) is 4.82. The van der Waals surface area contributed by atoms with Gasteiger partial charge in [0.05, 0.1) is 18.1 Å². The van der Waals surface area contributed by atoms with E-state index in [1.165, 1.54) is 18.2 Å². The Kier molecular flexibility index (Phi) is 6.23. The summed E-state index contributed by atoms with van der Waals surface area (Å²) in [5.41, 5.74) is 0.272. The average Bonchev–Trinajstić information content (AvgIpc) is 3.32. The highest BCUT2D eigenvalue weighted by atomic mass is 19.1. The molecule has 0 aliphatic carbocycles. The minimum absolute atomic E-state index is 0.0756. The van der Waals surface area contributed by atoms with Gasteiger partial charge in [-0.3, -0.25) is 19.2 Å². The Morgan fingerprint density at radius 2 is 2.10 bits per heavy atom. The lowest BCUT2D eigenvalue weighted by molar-refractivity contribution is -0.130. The summed E-state index contributed by atoms with van der Waals surface area (Å²) in [6, 6.07) is 4.85. The number of amides is 3. The number of ketones is 1. The van der Waals surface area contributed by atoms with Crippen molar-refractivity contribution in [2.24, 2.45) is 5.92 Å². The lowest BCUT2D eigenvalue weighted by Crippen LogP contribution is -2.47. The highest BCUT2D eigenvalue weighted by Gasteiger charge is 2.31. The van der Waals surface area contributed by atoms with Crippen molar-refractivity contribution < 1.29 is 28.7 Å². The van der Waals surface area contributed by atoms with Crippen molar-refractivity contribution in [3.05, 3.63) is 35.8 Å². The third-order valence-electron chi connectivity index (χ3n) is 4.82. The first-order valence-corrected chi connectivity index (χ1v) is 9.15. The monoisotopic (exact) mass is 404 g/mol. The van der Waals surface area contributed by atoms with Crippen LogP contribution in [0.25, 0.3) is 10.9 Å². The highest BCUT2D eigenvalue weighted by molar-refractivity contribution is 6.00. The van der Waals surface area contributed by atoms with E-state index < -0.39 is 48.5 Å². The van der Waals surface area contributed by atoms with E-state index in [2.05, 4.69) is 20.9 Å². The number of fused-ring (bicyclic) bond motifs is 1. The maximum absolute atomic E-state index is 13.7. The molecule has 1 aromatic carbocycles. The van der Waals surface area contributed by atoms with E-state index in [1.54, 1.807) is 6.07 Å². The van der Waals surface area contributed by atoms with Gasteiger partial charge in [0.2, 0.25) is 11.8 Å². The topological polar surface area (TPSA) is 140 Å². The second-order valence-electron chi connectivity index (χ2n) is 6.83. The van der Waals surface area contributed by atoms with Gasteiger partial charge in [-0.15, -0.1) is 0 Å². The molecule has 1 aliphatic heterocycles. The van der Waals surface area contributed by atoms with E-state index in [0.717, 1.165) is 0 Å². The first-order chi connectivity index (χ1) is 13.9. The van der Waals surface area contributed by atoms with Crippen molar-refractivity contribution in [3.63, 3.8) is 0 Å². The molecule has 3 amide bonds. The fourth-order valence-electron chi connectivity index (χ4n) is 3.28. The number of rotatable bonds is 8. The van der Waals surface area contributed by atoms with E-state index in [0.29, 0.717) is 18.4 Å². The van der Waals surface area contributed by atoms with Crippen LogP contribution in [-0.2, 0) is 14.4 Å². The predicted molar refractivity (Wildman–Crippen MR) is 100 cm³/mol. The van der Waals surface area contributed by atoms with Crippen molar-refractivity contribution in [3.8, 4) is 0 Å². The Labute approximate surface area is 165 Å². The molecule has 1 saturated heterocycles. The van der Waals surface area contributed by atoms with Crippen LogP contribution in [0.1, 0.15) is 23.3 Å². The predicted octanol–water partition coefficient (Wildman–Crippen LogP) is -0.391. The van der Waals surface area contributed by atoms with Crippen LogP contribution >= 0.6 is 0 Å². The van der Waals surface area contributed by atoms with E-state index >= 15 is 0 Å². The molecular formula is C19H21FN4O5. The molecule has 1 fully saturated rings. The number of hydrogen-bond acceptors (Lipinski definition) is 5. The zero-order valence-electron chi connectivity index (χ0n) is 15.5. The molecule has 9 nitrogen and oxygen atoms in total. The molecule has 0 bridgehead atoms. The first kappa shape index (κ1) is 20.5. The van der Waals surface area contributed by atoms with Crippen molar-refractivity contribution in [1.82, 2.24) is 20.9 Å². The zero-order valence-corrected chi connectivity index (χ0v) is 15.5. The van der Waals surface area contributed by atoms with E-state index in [-0.39, 0.29) is 23.5 Å². The Bertz CT molecular complexity index is 957. The second-order valence-corrected chi connectivity index (χ2v) is 6.83. The number of para-hydroxylation sites is 1. The second kappa shape index (κ2) is 8.82. The largest absolute Gasteiger partial charge is 0.389 e. The summed E-state index contributed by atoms with van der Waals surface area (Å²) in [4.78, 5) is 50.6. The number of H-pyrrole nitrogens is 1. The molecule has 1 aliphatic rings. The fourth-order valence-corrected chi connectivity index (χ4v) is 3.28. The van der Waals surface area contributed by atoms with Crippen molar-refractivity contribution in [2.75, 3.05) is 19.7 Å². The summed E-state index contributed by atoms with van der Waals surface area (Å²) >= 11 is 0. The number of aliphatic hydroxyl groups excluding tert-OH is 1. The molecule has 1 aromatic heterocycles. The van der Waals surface area contributed by atoms with Gasteiger partial charge in [0.25, 0.3) is 5.91 Å². The van der Waals surface area contributed by atoms with Crippen LogP contribution in [0.5, 0.6) is 0 Å². The van der Waals surface area contributed by atoms with Crippen LogP contribution in [0, 0.1) is 11.7 Å². The van der Waals surface area contributed by atoms with Crippen molar-refractivity contribution in [2.45, 2.75) is 18.9 Å². The standard InChI is InChI=1S/C19H21FN4O5/c20-12-3-1-2-10-6-14(24-17(10)12)19(29)22-8-16(27)23-13(15(26)9-25)7-11-4-5-21-18(11)28/h1-3,6,11,13,24-25H,4-5,7-9H2,(H,21,28)(H,22,29)(H,23,27). The quantitative estimate of drug-likeness (QED) is 0.408. The Balaban J connectivity index is 1.57. The van der Waals surface area contributed by atoms with E-state index in [9.17, 15) is 23.6 Å². The van der Waals surface area contributed by atoms with Crippen molar-refractivity contribution >= 4 is 34.4 Å². The van der Waals surface area contributed by atoms with Crippen LogP contribution in [0.2, 0.25) is 0 Å². The number of aromatic amines is 1. The number of halogens is 1. The van der Waals surface area contributed by atoms with Crippen LogP contribution < -0.4 is 16.0 Å². The van der Waals surface area contributed by atoms with Gasteiger partial charge in [-0.25, -0.2) is 4.39 Å². The lowest BCUT2D eigenvalue weighted by Gasteiger charge is -2.19. The molecule has 10 heteroatoms. The summed E-state index contributed by atoms with van der Waals surface area (Å²) < 4.78 is 13.7. The molecular weight excluding hydrogens is 383 g/mol. The number of hydrogen-bond donors (Lipinski definition) is 5. The van der Waals surface area contributed by atoms with Gasteiger partial charge in [-0.2, -0.15) is 0 Å². The maximum Gasteiger partial charge on any atom is 0.268 e. The van der Waals surface area contributed by atoms with Crippen LogP contribution in [0.4, 0.5) is 4.39 Å². The van der Waals surface area contributed by atoms with Crippen LogP contribution in [-0.4, -0.2) is 59.3 Å². The van der Waals surface area contributed by atoms with Gasteiger partial charge in [-0.1, -0.05) is 12.1 Å². The average molecular weight is 404 g/mol. The normalized spacial score (nSPS) is 17.0. The SMILES string of the molecule is O=C(CNC(=O)c1cc2cccc(F)c2[nH]1)NC(CC1CCNC1=O)C(=O)CO. The van der Waals surface area contributed by atoms with Gasteiger partial charge in [-0.05, 0) is 25.0 Å². The summed E-state index contributed by atoms with van der Waals surface area (Å²) in [5, 5.41) is 17.1. The number of carbonyl (C=O) groups excluding carboxylic acids is 4. The van der Waals surface area contributed by atoms with E-state index in [4.69, 9.17) is 5.11 Å². The number of Topliss-reactive ketones (excluding diaryl/α,β-unsaturated/α-hetero) is 1. The van der Waals surface area contributed by atoms with Gasteiger partial charge in [0, 0.05) is 17.8 Å². The summed E-state index contributed by atoms with van der Waals surface area (Å²) in [5.74, 6) is -3.00. The Morgan fingerprint density at radius 3 is 2.76 bits per heavy atom.